The van der Waals surface area contributed by atoms with Crippen LogP contribution in [0.3, 0.4) is 0 Å². The molecule has 10 nitrogen and oxygen atoms in total. The van der Waals surface area contributed by atoms with Crippen LogP contribution in [0.2, 0.25) is 5.02 Å². The third-order valence-electron chi connectivity index (χ3n) is 9.26. The fourth-order valence-electron chi connectivity index (χ4n) is 7.21. The summed E-state index contributed by atoms with van der Waals surface area (Å²) in [6.45, 7) is 2.96. The Kier molecular flexibility index (Phi) is 8.81. The molecular formula is C36H32ClF4N7O3S. The summed E-state index contributed by atoms with van der Waals surface area (Å²) in [4.78, 5) is 18.7. The first-order chi connectivity index (χ1) is 24.5. The highest BCUT2D eigenvalue weighted by molar-refractivity contribution is 7.92. The minimum absolute atomic E-state index is 0.0108. The van der Waals surface area contributed by atoms with Gasteiger partial charge in [0.1, 0.15) is 29.6 Å². The number of benzene rings is 2. The number of amides is 1. The molecule has 7 rings (SSSR count). The number of nitrogens with one attached hydrogen (secondary N) is 2. The molecule has 52 heavy (non-hydrogen) atoms. The van der Waals surface area contributed by atoms with Crippen molar-refractivity contribution in [2.45, 2.75) is 57.5 Å². The highest BCUT2D eigenvalue weighted by Gasteiger charge is 2.66. The Morgan fingerprint density at radius 3 is 2.52 bits per heavy atom. The van der Waals surface area contributed by atoms with Gasteiger partial charge in [0, 0.05) is 42.1 Å². The summed E-state index contributed by atoms with van der Waals surface area (Å²) in [5, 5.41) is 12.0. The van der Waals surface area contributed by atoms with Crippen molar-refractivity contribution >= 4 is 44.3 Å². The average Bonchev–Trinajstić information content (AvgIpc) is 3.62. The minimum atomic E-state index is -3.75. The maximum absolute atomic E-state index is 15.3. The number of rotatable bonds is 9. The van der Waals surface area contributed by atoms with Crippen LogP contribution in [0, 0.1) is 36.3 Å². The highest BCUT2D eigenvalue weighted by atomic mass is 35.5. The second kappa shape index (κ2) is 12.9. The van der Waals surface area contributed by atoms with Crippen molar-refractivity contribution in [2.24, 2.45) is 13.0 Å². The van der Waals surface area contributed by atoms with E-state index in [0.717, 1.165) is 29.1 Å². The fourth-order valence-corrected chi connectivity index (χ4v) is 7.95. The SMILES string of the molecule is CCC#Cc1ccc(-c2ccc(Cl)c3c(NS(C)(=O)=O)nn(C)c23)c([C@H](Cc2cc(F)cc(F)c2)NC(=O)Cn2nc(C)c3c2C(F)(F)[C@@H]2C[C@H]32)n1. The molecule has 3 atom stereocenters. The number of fused-ring (bicyclic) bond motifs is 4. The van der Waals surface area contributed by atoms with Crippen LogP contribution in [0.25, 0.3) is 22.0 Å². The van der Waals surface area contributed by atoms with Crippen LogP contribution >= 0.6 is 11.6 Å². The van der Waals surface area contributed by atoms with Crippen LogP contribution in [0.5, 0.6) is 0 Å². The zero-order chi connectivity index (χ0) is 37.3. The van der Waals surface area contributed by atoms with E-state index >= 15 is 8.78 Å². The molecule has 3 heterocycles. The van der Waals surface area contributed by atoms with Gasteiger partial charge in [-0.3, -0.25) is 18.9 Å². The van der Waals surface area contributed by atoms with E-state index in [4.69, 9.17) is 16.6 Å². The number of sulfonamides is 1. The molecule has 2 N–H and O–H groups in total. The van der Waals surface area contributed by atoms with E-state index in [-0.39, 0.29) is 40.1 Å². The van der Waals surface area contributed by atoms with E-state index in [9.17, 15) is 22.0 Å². The van der Waals surface area contributed by atoms with Gasteiger partial charge in [0.2, 0.25) is 15.9 Å². The van der Waals surface area contributed by atoms with Crippen molar-refractivity contribution < 1.29 is 30.8 Å². The van der Waals surface area contributed by atoms with Gasteiger partial charge in [-0.05, 0) is 67.5 Å². The van der Waals surface area contributed by atoms with Gasteiger partial charge in [-0.15, -0.1) is 0 Å². The Balaban J connectivity index is 1.37. The number of anilines is 1. The molecule has 5 aromatic rings. The first kappa shape index (κ1) is 35.5. The van der Waals surface area contributed by atoms with E-state index in [2.05, 4.69) is 32.1 Å². The Morgan fingerprint density at radius 1 is 1.12 bits per heavy atom. The lowest BCUT2D eigenvalue weighted by Gasteiger charge is -2.23. The fraction of sp³-hybridized carbons (Fsp3) is 0.333. The van der Waals surface area contributed by atoms with Gasteiger partial charge in [0.25, 0.3) is 5.92 Å². The zero-order valence-electron chi connectivity index (χ0n) is 28.4. The van der Waals surface area contributed by atoms with Crippen molar-refractivity contribution in [3.63, 3.8) is 0 Å². The number of aromatic nitrogens is 5. The monoisotopic (exact) mass is 753 g/mol. The Labute approximate surface area is 301 Å². The summed E-state index contributed by atoms with van der Waals surface area (Å²) in [7, 11) is -2.15. The summed E-state index contributed by atoms with van der Waals surface area (Å²) in [6, 6.07) is 8.51. The number of nitrogens with zero attached hydrogens (tertiary/aromatic N) is 5. The summed E-state index contributed by atoms with van der Waals surface area (Å²) < 4.78 is 88.8. The van der Waals surface area contributed by atoms with Crippen molar-refractivity contribution in [3.05, 3.63) is 93.0 Å². The van der Waals surface area contributed by atoms with Crippen LogP contribution in [-0.2, 0) is 40.8 Å². The number of carbonyl (C=O) groups excluding carboxylic acids is 1. The van der Waals surface area contributed by atoms with Crippen LogP contribution in [0.1, 0.15) is 65.6 Å². The molecule has 3 aromatic heterocycles. The standard InChI is InChI=1S/C36H32ClF4N7O3S/c1-5-6-7-22-8-9-23(24-10-11-27(37)31-33(24)47(3)45-35(31)46-52(4,50)51)32(42-22)28(14-19-12-20(38)15-21(39)13-19)43-29(49)17-48-34-30(18(2)44-48)25-16-26(25)36(34,40)41/h8-13,15,25-26,28H,5,14,16-17H2,1-4H3,(H,43,49)(H,45,46)/t25-,26+,28-/m0/s1. The Hall–Kier alpha value is -4.94. The number of hydrogen-bond donors (Lipinski definition) is 2. The van der Waals surface area contributed by atoms with Gasteiger partial charge >= 0.3 is 0 Å². The number of hydrogen-bond acceptors (Lipinski definition) is 6. The molecule has 270 valence electrons. The normalized spacial score (nSPS) is 17.6. The first-order valence-electron chi connectivity index (χ1n) is 16.4. The predicted octanol–water partition coefficient (Wildman–Crippen LogP) is 6.51. The lowest BCUT2D eigenvalue weighted by atomic mass is 9.93. The summed E-state index contributed by atoms with van der Waals surface area (Å²) in [6.07, 6.45) is 1.71. The number of pyridine rings is 1. The molecular weight excluding hydrogens is 722 g/mol. The van der Waals surface area contributed by atoms with Gasteiger partial charge in [-0.2, -0.15) is 19.0 Å². The Bertz CT molecular complexity index is 2450. The van der Waals surface area contributed by atoms with E-state index in [1.807, 2.05) is 6.92 Å². The van der Waals surface area contributed by atoms with Crippen molar-refractivity contribution in [3.8, 4) is 23.0 Å². The maximum Gasteiger partial charge on any atom is 0.293 e. The smallest absolute Gasteiger partial charge is 0.293 e. The first-order valence-corrected chi connectivity index (χ1v) is 18.7. The minimum Gasteiger partial charge on any atom is -0.346 e. The number of alkyl halides is 2. The average molecular weight is 754 g/mol. The molecule has 16 heteroatoms. The zero-order valence-corrected chi connectivity index (χ0v) is 29.9. The van der Waals surface area contributed by atoms with Crippen molar-refractivity contribution in [1.29, 1.82) is 0 Å². The Morgan fingerprint density at radius 2 is 1.83 bits per heavy atom. The van der Waals surface area contributed by atoms with Gasteiger partial charge < -0.3 is 5.32 Å². The van der Waals surface area contributed by atoms with Crippen LogP contribution < -0.4 is 10.0 Å². The summed E-state index contributed by atoms with van der Waals surface area (Å²) in [5.74, 6) is -0.657. The summed E-state index contributed by atoms with van der Waals surface area (Å²) in [5.41, 5.74) is 2.74. The van der Waals surface area contributed by atoms with E-state index in [1.54, 1.807) is 38.2 Å². The molecule has 0 bridgehead atoms. The van der Waals surface area contributed by atoms with Crippen LogP contribution in [-0.4, -0.2) is 45.1 Å². The predicted molar refractivity (Wildman–Crippen MR) is 187 cm³/mol. The molecule has 0 spiro atoms. The summed E-state index contributed by atoms with van der Waals surface area (Å²) >= 11 is 6.59. The van der Waals surface area contributed by atoms with Crippen molar-refractivity contribution in [1.82, 2.24) is 29.9 Å². The van der Waals surface area contributed by atoms with E-state index in [0.29, 0.717) is 51.8 Å². The third kappa shape index (κ3) is 6.49. The number of carbonyl (C=O) groups is 1. The molecule has 0 radical (unpaired) electrons. The van der Waals surface area contributed by atoms with Crippen molar-refractivity contribution in [2.75, 3.05) is 11.0 Å². The number of halogens is 5. The molecule has 1 amide bonds. The number of aryl methyl sites for hydroxylation is 2. The van der Waals surface area contributed by atoms with Gasteiger partial charge in [0.15, 0.2) is 5.82 Å². The molecule has 2 aromatic carbocycles. The molecule has 0 saturated heterocycles. The van der Waals surface area contributed by atoms with Gasteiger partial charge in [-0.25, -0.2) is 22.2 Å². The van der Waals surface area contributed by atoms with Crippen LogP contribution in [0.15, 0.2) is 42.5 Å². The molecule has 1 saturated carbocycles. The quantitative estimate of drug-likeness (QED) is 0.131. The molecule has 0 unspecified atom stereocenters. The second-order valence-corrected chi connectivity index (χ2v) is 15.3. The second-order valence-electron chi connectivity index (χ2n) is 13.1. The lowest BCUT2D eigenvalue weighted by molar-refractivity contribution is -0.122. The lowest BCUT2D eigenvalue weighted by Crippen LogP contribution is -2.35. The highest BCUT2D eigenvalue weighted by Crippen LogP contribution is 2.67. The largest absolute Gasteiger partial charge is 0.346 e. The van der Waals surface area contributed by atoms with Crippen LogP contribution in [0.4, 0.5) is 23.4 Å². The molecule has 2 aliphatic carbocycles. The molecule has 2 aliphatic rings. The molecule has 0 aliphatic heterocycles. The van der Waals surface area contributed by atoms with Gasteiger partial charge in [0.05, 0.1) is 39.6 Å². The topological polar surface area (TPSA) is 124 Å². The van der Waals surface area contributed by atoms with E-state index < -0.39 is 52.0 Å². The van der Waals surface area contributed by atoms with Gasteiger partial charge in [-0.1, -0.05) is 30.5 Å². The molecule has 1 fully saturated rings. The van der Waals surface area contributed by atoms with E-state index in [1.165, 1.54) is 4.68 Å². The maximum atomic E-state index is 15.3. The third-order valence-corrected chi connectivity index (χ3v) is 10.1.